The van der Waals surface area contributed by atoms with E-state index in [1.54, 1.807) is 42.9 Å². The maximum Gasteiger partial charge on any atom is 0.251 e. The lowest BCUT2D eigenvalue weighted by Gasteiger charge is -2.31. The lowest BCUT2D eigenvalue weighted by Crippen LogP contribution is -2.45. The smallest absolute Gasteiger partial charge is 0.251 e. The molecule has 4 aromatic heterocycles. The Morgan fingerprint density at radius 3 is 2.55 bits per heavy atom. The van der Waals surface area contributed by atoms with E-state index < -0.39 is 11.9 Å². The van der Waals surface area contributed by atoms with E-state index in [0.29, 0.717) is 22.8 Å². The number of benzene rings is 2. The first-order chi connectivity index (χ1) is 20.5. The Kier molecular flexibility index (Phi) is 7.45. The zero-order valence-corrected chi connectivity index (χ0v) is 22.7. The van der Waals surface area contributed by atoms with Gasteiger partial charge in [-0.3, -0.25) is 24.5 Å². The predicted octanol–water partition coefficient (Wildman–Crippen LogP) is 4.28. The minimum atomic E-state index is -1.04. The number of aromatic nitrogens is 6. The first kappa shape index (κ1) is 26.5. The number of hydrogen-bond donors (Lipinski definition) is 1. The summed E-state index contributed by atoms with van der Waals surface area (Å²) in [5.74, 6) is 0.583. The number of hydrogen-bond acceptors (Lipinski definition) is 8. The molecule has 4 heterocycles. The molecule has 42 heavy (non-hydrogen) atoms. The van der Waals surface area contributed by atoms with Crippen molar-refractivity contribution in [3.05, 3.63) is 120 Å². The van der Waals surface area contributed by atoms with E-state index in [1.807, 2.05) is 67.6 Å². The van der Waals surface area contributed by atoms with Crippen LogP contribution in [0.4, 0.5) is 5.69 Å². The topological polar surface area (TPSA) is 132 Å². The summed E-state index contributed by atoms with van der Waals surface area (Å²) in [6, 6.07) is 24.9. The Labute approximate surface area is 240 Å². The summed E-state index contributed by atoms with van der Waals surface area (Å²) in [5.41, 5.74) is 2.71. The normalized spacial score (nSPS) is 11.7. The summed E-state index contributed by atoms with van der Waals surface area (Å²) in [7, 11) is 0. The molecule has 0 spiro atoms. The van der Waals surface area contributed by atoms with Crippen molar-refractivity contribution in [3.63, 3.8) is 0 Å². The van der Waals surface area contributed by atoms with E-state index >= 15 is 0 Å². The van der Waals surface area contributed by atoms with Crippen LogP contribution in [0.5, 0.6) is 0 Å². The number of furan rings is 1. The molecule has 0 saturated carbocycles. The van der Waals surface area contributed by atoms with Crippen LogP contribution < -0.4 is 10.2 Å². The van der Waals surface area contributed by atoms with E-state index in [0.717, 1.165) is 16.5 Å². The number of nitrogens with zero attached hydrogens (tertiary/aromatic N) is 7. The number of carbonyl (C=O) groups is 2. The van der Waals surface area contributed by atoms with Crippen molar-refractivity contribution in [3.8, 4) is 11.6 Å². The monoisotopic (exact) mass is 558 g/mol. The maximum absolute atomic E-state index is 14.1. The fourth-order valence-corrected chi connectivity index (χ4v) is 4.63. The summed E-state index contributed by atoms with van der Waals surface area (Å²) in [6.07, 6.45) is 4.76. The second kappa shape index (κ2) is 11.8. The van der Waals surface area contributed by atoms with Gasteiger partial charge in [0.15, 0.2) is 5.76 Å². The van der Waals surface area contributed by atoms with Gasteiger partial charge in [-0.25, -0.2) is 0 Å². The summed E-state index contributed by atoms with van der Waals surface area (Å²) in [5, 5.41) is 16.3. The molecule has 2 aromatic carbocycles. The van der Waals surface area contributed by atoms with Gasteiger partial charge in [0.1, 0.15) is 18.3 Å². The Morgan fingerprint density at radius 1 is 0.976 bits per heavy atom. The molecule has 0 bridgehead atoms. The molecule has 0 aliphatic rings. The Morgan fingerprint density at radius 2 is 1.76 bits per heavy atom. The molecule has 1 unspecified atom stereocenters. The SMILES string of the molecule is Cc1ccc(-c2nnn(CC(=O)N(c3cnc4ccccc4c3)C(C(=O)NCc3ccccc3)c3ccncc3)n2)o1. The van der Waals surface area contributed by atoms with Crippen molar-refractivity contribution < 1.29 is 14.0 Å². The highest BCUT2D eigenvalue weighted by atomic mass is 16.3. The van der Waals surface area contributed by atoms with Crippen molar-refractivity contribution in [1.82, 2.24) is 35.5 Å². The molecule has 6 rings (SSSR count). The fourth-order valence-electron chi connectivity index (χ4n) is 4.63. The minimum absolute atomic E-state index is 0.251. The molecule has 1 atom stereocenters. The van der Waals surface area contributed by atoms with Gasteiger partial charge < -0.3 is 9.73 Å². The number of carbonyl (C=O) groups excluding carboxylic acids is 2. The molecule has 208 valence electrons. The molecule has 0 saturated heterocycles. The fraction of sp³-hybridized carbons (Fsp3) is 0.129. The van der Waals surface area contributed by atoms with E-state index in [4.69, 9.17) is 4.42 Å². The van der Waals surface area contributed by atoms with Gasteiger partial charge in [-0.15, -0.1) is 10.2 Å². The van der Waals surface area contributed by atoms with Crippen LogP contribution in [0.2, 0.25) is 0 Å². The van der Waals surface area contributed by atoms with Gasteiger partial charge >= 0.3 is 0 Å². The molecule has 0 radical (unpaired) electrons. The standard InChI is InChI=1S/C31H26N8O3/c1-21-11-12-27(42-21)30-35-37-38(36-30)20-28(40)39(25-17-24-9-5-6-10-26(24)33-19-25)29(23-13-15-32-16-14-23)31(41)34-18-22-7-3-2-4-8-22/h2-17,19,29H,18,20H2,1H3,(H,34,41). The van der Waals surface area contributed by atoms with Crippen LogP contribution in [0.15, 0.2) is 108 Å². The lowest BCUT2D eigenvalue weighted by molar-refractivity contribution is -0.127. The number of nitrogens with one attached hydrogen (secondary N) is 1. The highest BCUT2D eigenvalue weighted by molar-refractivity contribution is 6.02. The molecule has 0 aliphatic heterocycles. The third-order valence-electron chi connectivity index (χ3n) is 6.65. The van der Waals surface area contributed by atoms with E-state index in [9.17, 15) is 9.59 Å². The average Bonchev–Trinajstić information content (AvgIpc) is 3.68. The second-order valence-electron chi connectivity index (χ2n) is 9.59. The molecular formula is C31H26N8O3. The number of pyridine rings is 2. The number of rotatable bonds is 9. The second-order valence-corrected chi connectivity index (χ2v) is 9.59. The summed E-state index contributed by atoms with van der Waals surface area (Å²) in [4.78, 5) is 39.4. The quantitative estimate of drug-likeness (QED) is 0.278. The van der Waals surface area contributed by atoms with E-state index in [2.05, 4.69) is 30.7 Å². The number of tetrazole rings is 1. The third kappa shape index (κ3) is 5.75. The van der Waals surface area contributed by atoms with Crippen LogP contribution in [-0.4, -0.2) is 42.0 Å². The zero-order valence-electron chi connectivity index (χ0n) is 22.7. The first-order valence-corrected chi connectivity index (χ1v) is 13.3. The van der Waals surface area contributed by atoms with Crippen molar-refractivity contribution in [2.45, 2.75) is 26.1 Å². The van der Waals surface area contributed by atoms with Gasteiger partial charge in [0, 0.05) is 24.3 Å². The Bertz CT molecular complexity index is 1840. The summed E-state index contributed by atoms with van der Waals surface area (Å²) >= 11 is 0. The molecule has 11 heteroatoms. The largest absolute Gasteiger partial charge is 0.458 e. The molecule has 0 fully saturated rings. The summed E-state index contributed by atoms with van der Waals surface area (Å²) < 4.78 is 5.60. The molecule has 11 nitrogen and oxygen atoms in total. The molecule has 0 aliphatic carbocycles. The predicted molar refractivity (Wildman–Crippen MR) is 155 cm³/mol. The van der Waals surface area contributed by atoms with Gasteiger partial charge in [0.25, 0.3) is 5.91 Å². The van der Waals surface area contributed by atoms with Gasteiger partial charge in [0.2, 0.25) is 11.7 Å². The lowest BCUT2D eigenvalue weighted by atomic mass is 10.0. The van der Waals surface area contributed by atoms with E-state index in [-0.39, 0.29) is 24.8 Å². The third-order valence-corrected chi connectivity index (χ3v) is 6.65. The molecule has 2 amide bonds. The van der Waals surface area contributed by atoms with Crippen molar-refractivity contribution in [1.29, 1.82) is 0 Å². The number of aryl methyl sites for hydroxylation is 1. The van der Waals surface area contributed by atoms with Crippen LogP contribution in [0, 0.1) is 6.92 Å². The van der Waals surface area contributed by atoms with Gasteiger partial charge in [-0.2, -0.15) is 4.80 Å². The van der Waals surface area contributed by atoms with Gasteiger partial charge in [-0.05, 0) is 59.7 Å². The highest BCUT2D eigenvalue weighted by Gasteiger charge is 2.33. The van der Waals surface area contributed by atoms with Crippen molar-refractivity contribution in [2.24, 2.45) is 0 Å². The number of para-hydroxylation sites is 1. The Hall–Kier alpha value is -5.71. The maximum atomic E-state index is 14.1. The average molecular weight is 559 g/mol. The van der Waals surface area contributed by atoms with Crippen LogP contribution in [0.1, 0.15) is 22.9 Å². The van der Waals surface area contributed by atoms with Crippen LogP contribution in [0.3, 0.4) is 0 Å². The van der Waals surface area contributed by atoms with Crippen LogP contribution >= 0.6 is 0 Å². The van der Waals surface area contributed by atoms with Gasteiger partial charge in [-0.1, -0.05) is 48.5 Å². The Balaban J connectivity index is 1.38. The molecular weight excluding hydrogens is 532 g/mol. The van der Waals surface area contributed by atoms with Crippen molar-refractivity contribution >= 4 is 28.4 Å². The van der Waals surface area contributed by atoms with Crippen LogP contribution in [0.25, 0.3) is 22.5 Å². The van der Waals surface area contributed by atoms with E-state index in [1.165, 1.54) is 9.70 Å². The molecule has 1 N–H and O–H groups in total. The van der Waals surface area contributed by atoms with Crippen LogP contribution in [-0.2, 0) is 22.7 Å². The van der Waals surface area contributed by atoms with Gasteiger partial charge in [0.05, 0.1) is 17.4 Å². The summed E-state index contributed by atoms with van der Waals surface area (Å²) in [6.45, 7) is 1.82. The van der Waals surface area contributed by atoms with Crippen molar-refractivity contribution in [2.75, 3.05) is 4.90 Å². The number of fused-ring (bicyclic) bond motifs is 1. The minimum Gasteiger partial charge on any atom is -0.458 e. The first-order valence-electron chi connectivity index (χ1n) is 13.3. The molecule has 6 aromatic rings. The number of anilines is 1. The number of amides is 2. The zero-order chi connectivity index (χ0) is 28.9. The highest BCUT2D eigenvalue weighted by Crippen LogP contribution is 2.30.